The fraction of sp³-hybridized carbons (Fsp3) is 0.800. The van der Waals surface area contributed by atoms with Crippen LogP contribution in [0.3, 0.4) is 0 Å². The Morgan fingerprint density at radius 1 is 1.45 bits per heavy atom. The van der Waals surface area contributed by atoms with Gasteiger partial charge in [0.25, 0.3) is 0 Å². The first-order chi connectivity index (χ1) is 9.46. The average molecular weight is 310 g/mol. The highest BCUT2D eigenvalue weighted by Gasteiger charge is 2.38. The maximum absolute atomic E-state index is 9.39. The second kappa shape index (κ2) is 6.44. The molecule has 1 aromatic rings. The molecule has 0 spiro atoms. The van der Waals surface area contributed by atoms with Gasteiger partial charge in [-0.2, -0.15) is 9.64 Å². The second-order valence-electron chi connectivity index (χ2n) is 6.35. The Hall–Kier alpha value is -0.600. The molecule has 0 aromatic carbocycles. The molecule has 3 nitrogen and oxygen atoms in total. The van der Waals surface area contributed by atoms with Gasteiger partial charge in [-0.3, -0.25) is 0 Å². The van der Waals surface area contributed by atoms with Crippen molar-refractivity contribution < 1.29 is 0 Å². The van der Waals surface area contributed by atoms with Crippen molar-refractivity contribution >= 4 is 23.3 Å². The fourth-order valence-corrected chi connectivity index (χ4v) is 5.07. The van der Waals surface area contributed by atoms with E-state index in [0.29, 0.717) is 16.6 Å². The average Bonchev–Trinajstić information content (AvgIpc) is 2.84. The summed E-state index contributed by atoms with van der Waals surface area (Å²) in [5.41, 5.74) is 0.371. The van der Waals surface area contributed by atoms with Gasteiger partial charge < -0.3 is 0 Å². The van der Waals surface area contributed by atoms with Crippen LogP contribution in [0, 0.1) is 35.5 Å². The molecule has 1 aliphatic carbocycles. The molecule has 2 rings (SSSR count). The van der Waals surface area contributed by atoms with E-state index in [-0.39, 0.29) is 5.92 Å². The number of hydrogen-bond donors (Lipinski definition) is 0. The van der Waals surface area contributed by atoms with E-state index in [1.807, 2.05) is 6.92 Å². The maximum atomic E-state index is 9.39. The third-order valence-electron chi connectivity index (χ3n) is 4.74. The molecule has 1 saturated carbocycles. The summed E-state index contributed by atoms with van der Waals surface area (Å²) in [5, 5.41) is 9.77. The van der Waals surface area contributed by atoms with Crippen molar-refractivity contribution in [2.45, 2.75) is 63.0 Å². The second-order valence-corrected chi connectivity index (χ2v) is 8.59. The van der Waals surface area contributed by atoms with Gasteiger partial charge in [0.15, 0.2) is 4.34 Å². The lowest BCUT2D eigenvalue weighted by atomic mass is 9.67. The van der Waals surface area contributed by atoms with Crippen LogP contribution in [0.15, 0.2) is 4.34 Å². The molecule has 110 valence electrons. The number of nitriles is 1. The fourth-order valence-electron chi connectivity index (χ4n) is 2.86. The molecule has 0 aliphatic heterocycles. The van der Waals surface area contributed by atoms with Gasteiger partial charge in [-0.05, 0) is 49.1 Å². The normalized spacial score (nSPS) is 27.2. The molecule has 0 bridgehead atoms. The van der Waals surface area contributed by atoms with Crippen molar-refractivity contribution in [2.24, 2.45) is 17.3 Å². The number of aryl methyl sites for hydroxylation is 1. The summed E-state index contributed by atoms with van der Waals surface area (Å²) in [6, 6.07) is 2.51. The lowest BCUT2D eigenvalue weighted by Crippen LogP contribution is -2.34. The summed E-state index contributed by atoms with van der Waals surface area (Å²) in [4.78, 5) is 4.44. The van der Waals surface area contributed by atoms with Crippen LogP contribution in [-0.2, 0) is 0 Å². The van der Waals surface area contributed by atoms with Gasteiger partial charge in [0.2, 0.25) is 0 Å². The Bertz CT molecular complexity index is 490. The van der Waals surface area contributed by atoms with Gasteiger partial charge in [0, 0.05) is 5.25 Å². The molecule has 20 heavy (non-hydrogen) atoms. The Balaban J connectivity index is 2.09. The minimum absolute atomic E-state index is 0.160. The molecule has 0 N–H and O–H groups in total. The van der Waals surface area contributed by atoms with Gasteiger partial charge in [0.05, 0.1) is 12.0 Å². The third-order valence-corrected chi connectivity index (χ3v) is 6.97. The van der Waals surface area contributed by atoms with Crippen molar-refractivity contribution in [1.29, 1.82) is 5.26 Å². The molecule has 1 aliphatic rings. The summed E-state index contributed by atoms with van der Waals surface area (Å²) < 4.78 is 5.26. The Morgan fingerprint density at radius 3 is 2.75 bits per heavy atom. The van der Waals surface area contributed by atoms with E-state index >= 15 is 0 Å². The van der Waals surface area contributed by atoms with Crippen LogP contribution in [0.1, 0.15) is 52.3 Å². The van der Waals surface area contributed by atoms with Crippen molar-refractivity contribution in [3.8, 4) is 6.07 Å². The Morgan fingerprint density at radius 2 is 2.20 bits per heavy atom. The Labute approximate surface area is 130 Å². The third kappa shape index (κ3) is 3.53. The summed E-state index contributed by atoms with van der Waals surface area (Å²) in [6.07, 6.45) is 4.54. The molecule has 0 radical (unpaired) electrons. The standard InChI is InChI=1S/C15H23N3S2/c1-5-15(3,4)12-7-6-11(9-16)13(8-12)19-14-17-10(2)18-20-14/h11-13H,5-8H2,1-4H3. The molecule has 0 amide bonds. The van der Waals surface area contributed by atoms with Crippen molar-refractivity contribution in [3.05, 3.63) is 5.82 Å². The number of thioether (sulfide) groups is 1. The number of nitrogens with zero attached hydrogens (tertiary/aromatic N) is 3. The molecule has 5 heteroatoms. The van der Waals surface area contributed by atoms with Gasteiger partial charge in [-0.1, -0.05) is 39.0 Å². The minimum atomic E-state index is 0.160. The monoisotopic (exact) mass is 309 g/mol. The van der Waals surface area contributed by atoms with E-state index in [1.54, 1.807) is 11.8 Å². The zero-order valence-corrected chi connectivity index (χ0v) is 14.4. The van der Waals surface area contributed by atoms with E-state index in [9.17, 15) is 5.26 Å². The van der Waals surface area contributed by atoms with E-state index in [2.05, 4.69) is 36.2 Å². The summed E-state index contributed by atoms with van der Waals surface area (Å²) >= 11 is 3.23. The molecule has 0 saturated heterocycles. The van der Waals surface area contributed by atoms with Gasteiger partial charge in [0.1, 0.15) is 5.82 Å². The van der Waals surface area contributed by atoms with Crippen LogP contribution in [0.5, 0.6) is 0 Å². The Kier molecular flexibility index (Phi) is 5.09. The first-order valence-corrected chi connectivity index (χ1v) is 8.98. The van der Waals surface area contributed by atoms with Crippen LogP contribution in [0.2, 0.25) is 0 Å². The smallest absolute Gasteiger partial charge is 0.170 e. The van der Waals surface area contributed by atoms with Gasteiger partial charge >= 0.3 is 0 Å². The van der Waals surface area contributed by atoms with Crippen molar-refractivity contribution in [1.82, 2.24) is 9.36 Å². The molecule has 1 fully saturated rings. The quantitative estimate of drug-likeness (QED) is 0.810. The largest absolute Gasteiger partial charge is 0.213 e. The zero-order chi connectivity index (χ0) is 14.8. The molecular formula is C15H23N3S2. The molecule has 3 atom stereocenters. The maximum Gasteiger partial charge on any atom is 0.170 e. The number of aromatic nitrogens is 2. The summed E-state index contributed by atoms with van der Waals surface area (Å²) in [7, 11) is 0. The van der Waals surface area contributed by atoms with Crippen LogP contribution < -0.4 is 0 Å². The number of hydrogen-bond acceptors (Lipinski definition) is 5. The lowest BCUT2D eigenvalue weighted by Gasteiger charge is -2.40. The molecular weight excluding hydrogens is 286 g/mol. The van der Waals surface area contributed by atoms with Crippen molar-refractivity contribution in [3.63, 3.8) is 0 Å². The van der Waals surface area contributed by atoms with Crippen LogP contribution in [0.25, 0.3) is 0 Å². The highest BCUT2D eigenvalue weighted by atomic mass is 32.2. The van der Waals surface area contributed by atoms with E-state index in [0.717, 1.165) is 23.0 Å². The highest BCUT2D eigenvalue weighted by molar-refractivity contribution is 8.01. The SMILES string of the molecule is CCC(C)(C)C1CCC(C#N)C(Sc2nc(C)ns2)C1. The molecule has 1 heterocycles. The summed E-state index contributed by atoms with van der Waals surface area (Å²) in [5.74, 6) is 1.71. The van der Waals surface area contributed by atoms with Crippen LogP contribution in [0.4, 0.5) is 0 Å². The lowest BCUT2D eigenvalue weighted by molar-refractivity contribution is 0.144. The van der Waals surface area contributed by atoms with Crippen LogP contribution >= 0.6 is 23.3 Å². The van der Waals surface area contributed by atoms with Gasteiger partial charge in [-0.15, -0.1) is 0 Å². The minimum Gasteiger partial charge on any atom is -0.213 e. The first kappa shape index (κ1) is 15.8. The zero-order valence-electron chi connectivity index (χ0n) is 12.7. The molecule has 1 aromatic heterocycles. The van der Waals surface area contributed by atoms with E-state index < -0.39 is 0 Å². The highest BCUT2D eigenvalue weighted by Crippen LogP contribution is 2.47. The van der Waals surface area contributed by atoms with Crippen molar-refractivity contribution in [2.75, 3.05) is 0 Å². The first-order valence-electron chi connectivity index (χ1n) is 7.33. The van der Waals surface area contributed by atoms with Crippen LogP contribution in [-0.4, -0.2) is 14.6 Å². The topological polar surface area (TPSA) is 49.6 Å². The van der Waals surface area contributed by atoms with E-state index in [1.165, 1.54) is 24.4 Å². The number of rotatable bonds is 4. The predicted octanol–water partition coefficient (Wildman–Crippen LogP) is 4.68. The predicted molar refractivity (Wildman–Crippen MR) is 84.8 cm³/mol. The van der Waals surface area contributed by atoms with E-state index in [4.69, 9.17) is 0 Å². The van der Waals surface area contributed by atoms with Gasteiger partial charge in [-0.25, -0.2) is 4.98 Å². The molecule has 3 unspecified atom stereocenters. The summed E-state index contributed by atoms with van der Waals surface area (Å²) in [6.45, 7) is 8.92.